The first kappa shape index (κ1) is 13.8. The third kappa shape index (κ3) is 3.02. The van der Waals surface area contributed by atoms with Gasteiger partial charge >= 0.3 is 6.18 Å². The number of nitrogen functional groups attached to an aromatic ring is 1. The summed E-state index contributed by atoms with van der Waals surface area (Å²) in [5, 5.41) is 2.29. The molecule has 104 valence electrons. The van der Waals surface area contributed by atoms with Gasteiger partial charge in [0.15, 0.2) is 11.5 Å². The Labute approximate surface area is 111 Å². The Morgan fingerprint density at radius 2 is 1.90 bits per heavy atom. The lowest BCUT2D eigenvalue weighted by atomic mass is 10.2. The van der Waals surface area contributed by atoms with Crippen LogP contribution < -0.4 is 11.1 Å². The summed E-state index contributed by atoms with van der Waals surface area (Å²) in [6.07, 6.45) is -1.92. The van der Waals surface area contributed by atoms with Gasteiger partial charge in [-0.25, -0.2) is 9.97 Å². The highest BCUT2D eigenvalue weighted by Crippen LogP contribution is 2.30. The number of hydrogen-bond acceptors (Lipinski definition) is 4. The van der Waals surface area contributed by atoms with Crippen LogP contribution >= 0.6 is 0 Å². The van der Waals surface area contributed by atoms with Crippen molar-refractivity contribution in [2.45, 2.75) is 6.18 Å². The molecule has 0 unspecified atom stereocenters. The fraction of sp³-hybridized carbons (Fsp3) is 0.0833. The average Bonchev–Trinajstić information content (AvgIpc) is 2.38. The quantitative estimate of drug-likeness (QED) is 0.885. The van der Waals surface area contributed by atoms with Crippen LogP contribution in [0.5, 0.6) is 0 Å². The molecule has 1 amide bonds. The van der Waals surface area contributed by atoms with Gasteiger partial charge in [-0.2, -0.15) is 13.2 Å². The summed E-state index contributed by atoms with van der Waals surface area (Å²) in [6, 6.07) is 4.26. The summed E-state index contributed by atoms with van der Waals surface area (Å²) in [7, 11) is 0. The van der Waals surface area contributed by atoms with E-state index in [2.05, 4.69) is 15.3 Å². The van der Waals surface area contributed by atoms with Gasteiger partial charge in [0.05, 0.1) is 5.56 Å². The monoisotopic (exact) mass is 282 g/mol. The number of carbonyl (C=O) groups is 1. The van der Waals surface area contributed by atoms with Crippen LogP contribution in [0, 0.1) is 0 Å². The molecule has 3 N–H and O–H groups in total. The minimum atomic E-state index is -4.48. The summed E-state index contributed by atoms with van der Waals surface area (Å²) in [4.78, 5) is 19.2. The zero-order chi connectivity index (χ0) is 14.8. The summed E-state index contributed by atoms with van der Waals surface area (Å²) < 4.78 is 37.6. The zero-order valence-electron chi connectivity index (χ0n) is 9.98. The molecule has 0 spiro atoms. The van der Waals surface area contributed by atoms with Gasteiger partial charge in [-0.15, -0.1) is 0 Å². The normalized spacial score (nSPS) is 11.2. The van der Waals surface area contributed by atoms with Gasteiger partial charge in [-0.05, 0) is 18.2 Å². The summed E-state index contributed by atoms with van der Waals surface area (Å²) in [6.45, 7) is 0. The Kier molecular flexibility index (Phi) is 3.55. The summed E-state index contributed by atoms with van der Waals surface area (Å²) in [5.41, 5.74) is 4.45. The van der Waals surface area contributed by atoms with E-state index in [1.54, 1.807) is 0 Å². The van der Waals surface area contributed by atoms with Crippen molar-refractivity contribution in [2.24, 2.45) is 0 Å². The molecule has 2 aromatic rings. The molecule has 20 heavy (non-hydrogen) atoms. The van der Waals surface area contributed by atoms with Crippen molar-refractivity contribution in [3.8, 4) is 0 Å². The molecule has 0 aliphatic heterocycles. The van der Waals surface area contributed by atoms with Crippen LogP contribution in [0.15, 0.2) is 36.7 Å². The Morgan fingerprint density at radius 3 is 2.55 bits per heavy atom. The number of rotatable bonds is 2. The van der Waals surface area contributed by atoms with Crippen molar-refractivity contribution in [2.75, 3.05) is 11.1 Å². The number of amides is 1. The topological polar surface area (TPSA) is 80.9 Å². The first-order valence-electron chi connectivity index (χ1n) is 5.43. The third-order valence-corrected chi connectivity index (χ3v) is 2.39. The maximum atomic E-state index is 12.5. The Morgan fingerprint density at radius 1 is 1.20 bits per heavy atom. The van der Waals surface area contributed by atoms with Crippen LogP contribution in [0.25, 0.3) is 0 Å². The lowest BCUT2D eigenvalue weighted by Crippen LogP contribution is -2.17. The van der Waals surface area contributed by atoms with Crippen LogP contribution in [0.3, 0.4) is 0 Å². The van der Waals surface area contributed by atoms with E-state index in [0.717, 1.165) is 12.1 Å². The number of carbonyl (C=O) groups excluding carboxylic acids is 1. The molecule has 1 heterocycles. The number of nitrogens with one attached hydrogen (secondary N) is 1. The molecule has 0 atom stereocenters. The molecule has 8 heteroatoms. The van der Waals surface area contributed by atoms with E-state index in [4.69, 9.17) is 5.73 Å². The molecule has 0 aliphatic rings. The maximum absolute atomic E-state index is 12.5. The van der Waals surface area contributed by atoms with E-state index in [1.807, 2.05) is 0 Å². The molecule has 0 radical (unpaired) electrons. The number of anilines is 2. The lowest BCUT2D eigenvalue weighted by molar-refractivity contribution is -0.137. The summed E-state index contributed by atoms with van der Waals surface area (Å²) in [5.74, 6) is -0.827. The van der Waals surface area contributed by atoms with Gasteiger partial charge in [-0.3, -0.25) is 4.79 Å². The first-order valence-corrected chi connectivity index (χ1v) is 5.43. The highest BCUT2D eigenvalue weighted by molar-refractivity contribution is 6.05. The van der Waals surface area contributed by atoms with E-state index in [9.17, 15) is 18.0 Å². The lowest BCUT2D eigenvalue weighted by Gasteiger charge is -2.10. The van der Waals surface area contributed by atoms with Gasteiger partial charge in [0.1, 0.15) is 0 Å². The number of benzene rings is 1. The minimum absolute atomic E-state index is 0.00474. The van der Waals surface area contributed by atoms with Crippen LogP contribution in [0.1, 0.15) is 16.1 Å². The number of alkyl halides is 3. The van der Waals surface area contributed by atoms with Crippen molar-refractivity contribution in [1.29, 1.82) is 0 Å². The van der Waals surface area contributed by atoms with Gasteiger partial charge in [0.25, 0.3) is 5.91 Å². The van der Waals surface area contributed by atoms with Crippen LogP contribution in [-0.2, 0) is 6.18 Å². The van der Waals surface area contributed by atoms with E-state index >= 15 is 0 Å². The van der Waals surface area contributed by atoms with Crippen LogP contribution in [0.4, 0.5) is 24.7 Å². The van der Waals surface area contributed by atoms with Crippen molar-refractivity contribution in [3.05, 3.63) is 47.9 Å². The maximum Gasteiger partial charge on any atom is 0.416 e. The number of hydrogen-bond donors (Lipinski definition) is 2. The molecule has 0 saturated heterocycles. The van der Waals surface area contributed by atoms with E-state index in [-0.39, 0.29) is 17.2 Å². The van der Waals surface area contributed by atoms with Crippen molar-refractivity contribution in [3.63, 3.8) is 0 Å². The van der Waals surface area contributed by atoms with E-state index in [1.165, 1.54) is 24.5 Å². The number of nitrogens with zero attached hydrogens (tertiary/aromatic N) is 2. The second-order valence-electron chi connectivity index (χ2n) is 3.82. The standard InChI is InChI=1S/C12H9F3N4O/c13-12(14,15)7-2-1-3-8(6-7)19-11(20)9-10(16)18-5-4-17-9/h1-6H,(H2,16,18)(H,19,20). The van der Waals surface area contributed by atoms with E-state index in [0.29, 0.717) is 0 Å². The first-order chi connectivity index (χ1) is 9.38. The highest BCUT2D eigenvalue weighted by Gasteiger charge is 2.30. The fourth-order valence-electron chi connectivity index (χ4n) is 1.49. The smallest absolute Gasteiger partial charge is 0.382 e. The molecule has 2 rings (SSSR count). The van der Waals surface area contributed by atoms with Gasteiger partial charge < -0.3 is 11.1 Å². The molecule has 1 aromatic heterocycles. The number of halogens is 3. The Bertz CT molecular complexity index is 643. The SMILES string of the molecule is Nc1nccnc1C(=O)Nc1cccc(C(F)(F)F)c1. The molecule has 0 saturated carbocycles. The minimum Gasteiger partial charge on any atom is -0.382 e. The third-order valence-electron chi connectivity index (χ3n) is 2.39. The van der Waals surface area contributed by atoms with Gasteiger partial charge in [0, 0.05) is 18.1 Å². The zero-order valence-corrected chi connectivity index (χ0v) is 9.98. The van der Waals surface area contributed by atoms with Crippen LogP contribution in [0.2, 0.25) is 0 Å². The second kappa shape index (κ2) is 5.16. The molecular formula is C12H9F3N4O. The highest BCUT2D eigenvalue weighted by atomic mass is 19.4. The number of aromatic nitrogens is 2. The molecule has 0 fully saturated rings. The molecule has 1 aromatic carbocycles. The van der Waals surface area contributed by atoms with Gasteiger partial charge in [0.2, 0.25) is 0 Å². The molecular weight excluding hydrogens is 273 g/mol. The molecule has 5 nitrogen and oxygen atoms in total. The Balaban J connectivity index is 2.23. The van der Waals surface area contributed by atoms with Crippen molar-refractivity contribution >= 4 is 17.4 Å². The summed E-state index contributed by atoms with van der Waals surface area (Å²) >= 11 is 0. The van der Waals surface area contributed by atoms with Crippen molar-refractivity contribution < 1.29 is 18.0 Å². The van der Waals surface area contributed by atoms with E-state index < -0.39 is 17.6 Å². The fourth-order valence-corrected chi connectivity index (χ4v) is 1.49. The number of nitrogens with two attached hydrogens (primary N) is 1. The van der Waals surface area contributed by atoms with Gasteiger partial charge in [-0.1, -0.05) is 6.07 Å². The largest absolute Gasteiger partial charge is 0.416 e. The van der Waals surface area contributed by atoms with Crippen molar-refractivity contribution in [1.82, 2.24) is 9.97 Å². The average molecular weight is 282 g/mol. The second-order valence-corrected chi connectivity index (χ2v) is 3.82. The molecule has 0 aliphatic carbocycles. The Hall–Kier alpha value is -2.64. The molecule has 0 bridgehead atoms. The van der Waals surface area contributed by atoms with Crippen LogP contribution in [-0.4, -0.2) is 15.9 Å². The predicted molar refractivity (Wildman–Crippen MR) is 65.8 cm³/mol. The predicted octanol–water partition coefficient (Wildman–Crippen LogP) is 2.33.